The van der Waals surface area contributed by atoms with E-state index < -0.39 is 34.3 Å². The number of rotatable bonds is 14. The van der Waals surface area contributed by atoms with Gasteiger partial charge < -0.3 is 19.7 Å². The molecule has 11 heteroatoms. The highest BCUT2D eigenvalue weighted by molar-refractivity contribution is 7.92. The van der Waals surface area contributed by atoms with Gasteiger partial charge in [0, 0.05) is 25.1 Å². The number of halogens is 1. The second-order valence-electron chi connectivity index (χ2n) is 12.6. The van der Waals surface area contributed by atoms with Crippen LogP contribution in [0.4, 0.5) is 10.1 Å². The predicted molar refractivity (Wildman–Crippen MR) is 191 cm³/mol. The molecule has 1 fully saturated rings. The minimum Gasteiger partial charge on any atom is -0.493 e. The van der Waals surface area contributed by atoms with Crippen molar-refractivity contribution in [3.05, 3.63) is 120 Å². The summed E-state index contributed by atoms with van der Waals surface area (Å²) < 4.78 is 54.6. The zero-order valence-electron chi connectivity index (χ0n) is 28.7. The minimum absolute atomic E-state index is 0.00773. The Morgan fingerprint density at radius 2 is 1.50 bits per heavy atom. The molecule has 0 heterocycles. The van der Waals surface area contributed by atoms with Gasteiger partial charge in [-0.1, -0.05) is 79.4 Å². The molecule has 0 bridgehead atoms. The number of hydrogen-bond donors (Lipinski definition) is 1. The maximum Gasteiger partial charge on any atom is 0.264 e. The number of amides is 2. The van der Waals surface area contributed by atoms with Gasteiger partial charge in [-0.3, -0.25) is 13.9 Å². The van der Waals surface area contributed by atoms with Crippen molar-refractivity contribution in [1.29, 1.82) is 0 Å². The smallest absolute Gasteiger partial charge is 0.264 e. The standard InChI is InChI=1S/C39H44FN3O6S/c1-28-14-21-34(22-15-28)50(46,47)43(33-20-23-36(48-2)37(25-33)49-3)27-38(44)42(26-30-16-18-31(40)19-17-30)35(24-29-10-6-4-7-11-29)39(45)41-32-12-8-5-9-13-32/h4,6-7,10-11,14-23,25,32,35H,5,8-9,12-13,24,26-27H2,1-3H3,(H,41,45). The minimum atomic E-state index is -4.31. The van der Waals surface area contributed by atoms with Gasteiger partial charge in [-0.2, -0.15) is 0 Å². The van der Waals surface area contributed by atoms with E-state index in [9.17, 15) is 22.4 Å². The fraction of sp³-hybridized carbons (Fsp3) is 0.333. The van der Waals surface area contributed by atoms with Gasteiger partial charge in [-0.25, -0.2) is 12.8 Å². The molecule has 1 N–H and O–H groups in total. The van der Waals surface area contributed by atoms with E-state index in [0.29, 0.717) is 11.3 Å². The molecule has 0 aliphatic heterocycles. The first-order valence-corrected chi connectivity index (χ1v) is 18.2. The molecule has 9 nitrogen and oxygen atoms in total. The Morgan fingerprint density at radius 3 is 2.14 bits per heavy atom. The number of anilines is 1. The van der Waals surface area contributed by atoms with Gasteiger partial charge in [0.2, 0.25) is 11.8 Å². The number of carbonyl (C=O) groups excluding carboxylic acids is 2. The molecule has 1 saturated carbocycles. The molecular weight excluding hydrogens is 658 g/mol. The lowest BCUT2D eigenvalue weighted by atomic mass is 9.94. The predicted octanol–water partition coefficient (Wildman–Crippen LogP) is 6.44. The Bertz CT molecular complexity index is 1850. The fourth-order valence-electron chi connectivity index (χ4n) is 6.23. The first-order chi connectivity index (χ1) is 24.1. The molecule has 0 saturated heterocycles. The molecule has 0 spiro atoms. The maximum atomic E-state index is 14.7. The van der Waals surface area contributed by atoms with Crippen LogP contribution in [-0.2, 0) is 32.6 Å². The quantitative estimate of drug-likeness (QED) is 0.162. The van der Waals surface area contributed by atoms with Crippen molar-refractivity contribution in [1.82, 2.24) is 10.2 Å². The summed E-state index contributed by atoms with van der Waals surface area (Å²) in [6.45, 7) is 1.17. The lowest BCUT2D eigenvalue weighted by Crippen LogP contribution is -2.55. The second kappa shape index (κ2) is 16.7. The molecule has 1 atom stereocenters. The van der Waals surface area contributed by atoms with Crippen molar-refractivity contribution in [2.24, 2.45) is 0 Å². The van der Waals surface area contributed by atoms with Crippen molar-refractivity contribution >= 4 is 27.5 Å². The van der Waals surface area contributed by atoms with Crippen LogP contribution in [0.2, 0.25) is 0 Å². The number of ether oxygens (including phenoxy) is 2. The lowest BCUT2D eigenvalue weighted by Gasteiger charge is -2.35. The summed E-state index contributed by atoms with van der Waals surface area (Å²) in [7, 11) is -1.40. The SMILES string of the molecule is COc1ccc(N(CC(=O)N(Cc2ccc(F)cc2)C(Cc2ccccc2)C(=O)NC2CCCCC2)S(=O)(=O)c2ccc(C)cc2)cc1OC. The monoisotopic (exact) mass is 701 g/mol. The number of benzene rings is 4. The van der Waals surface area contributed by atoms with E-state index in [4.69, 9.17) is 9.47 Å². The number of sulfonamides is 1. The van der Waals surface area contributed by atoms with Crippen LogP contribution in [-0.4, -0.2) is 58.0 Å². The summed E-state index contributed by atoms with van der Waals surface area (Å²) in [5, 5.41) is 3.19. The molecular formula is C39H44FN3O6S. The number of nitrogens with zero attached hydrogens (tertiary/aromatic N) is 2. The van der Waals surface area contributed by atoms with Crippen LogP contribution in [0, 0.1) is 12.7 Å². The van der Waals surface area contributed by atoms with Crippen molar-refractivity contribution in [3.8, 4) is 11.5 Å². The summed E-state index contributed by atoms with van der Waals surface area (Å²) in [5.74, 6) is -0.713. The van der Waals surface area contributed by atoms with Gasteiger partial charge in [0.1, 0.15) is 18.4 Å². The molecule has 2 amide bonds. The zero-order valence-corrected chi connectivity index (χ0v) is 29.5. The summed E-state index contributed by atoms with van der Waals surface area (Å²) in [6.07, 6.45) is 4.99. The Hall–Kier alpha value is -4.90. The summed E-state index contributed by atoms with van der Waals surface area (Å²) in [5.41, 5.74) is 2.46. The highest BCUT2D eigenvalue weighted by Crippen LogP contribution is 2.34. The Kier molecular flexibility index (Phi) is 12.1. The van der Waals surface area contributed by atoms with Gasteiger partial charge >= 0.3 is 0 Å². The molecule has 0 aromatic heterocycles. The zero-order chi connectivity index (χ0) is 35.7. The van der Waals surface area contributed by atoms with Crippen molar-refractivity contribution in [2.75, 3.05) is 25.1 Å². The number of nitrogens with one attached hydrogen (secondary N) is 1. The molecule has 4 aromatic rings. The van der Waals surface area contributed by atoms with Crippen LogP contribution in [0.15, 0.2) is 102 Å². The van der Waals surface area contributed by atoms with Crippen molar-refractivity contribution in [3.63, 3.8) is 0 Å². The van der Waals surface area contributed by atoms with E-state index in [1.165, 1.54) is 49.5 Å². The molecule has 1 aliphatic rings. The Balaban J connectivity index is 1.59. The van der Waals surface area contributed by atoms with Crippen LogP contribution in [0.25, 0.3) is 0 Å². The van der Waals surface area contributed by atoms with E-state index in [1.807, 2.05) is 37.3 Å². The van der Waals surface area contributed by atoms with Crippen molar-refractivity contribution < 1.29 is 31.9 Å². The third-order valence-corrected chi connectivity index (χ3v) is 10.8. The number of methoxy groups -OCH3 is 2. The fourth-order valence-corrected chi connectivity index (χ4v) is 7.64. The van der Waals surface area contributed by atoms with E-state index >= 15 is 0 Å². The van der Waals surface area contributed by atoms with E-state index in [0.717, 1.165) is 47.5 Å². The first-order valence-electron chi connectivity index (χ1n) is 16.8. The third-order valence-electron chi connectivity index (χ3n) is 9.03. The molecule has 50 heavy (non-hydrogen) atoms. The van der Waals surface area contributed by atoms with Crippen LogP contribution >= 0.6 is 0 Å². The maximum absolute atomic E-state index is 14.7. The van der Waals surface area contributed by atoms with Crippen LogP contribution < -0.4 is 19.1 Å². The average Bonchev–Trinajstić information content (AvgIpc) is 3.13. The van der Waals surface area contributed by atoms with Gasteiger partial charge in [-0.15, -0.1) is 0 Å². The van der Waals surface area contributed by atoms with E-state index in [1.54, 1.807) is 36.4 Å². The molecule has 5 rings (SSSR count). The number of carbonyl (C=O) groups is 2. The van der Waals surface area contributed by atoms with Crippen LogP contribution in [0.3, 0.4) is 0 Å². The van der Waals surface area contributed by atoms with Gasteiger partial charge in [0.15, 0.2) is 11.5 Å². The number of hydrogen-bond acceptors (Lipinski definition) is 6. The molecule has 4 aromatic carbocycles. The van der Waals surface area contributed by atoms with E-state index in [2.05, 4.69) is 5.32 Å². The summed E-state index contributed by atoms with van der Waals surface area (Å²) >= 11 is 0. The van der Waals surface area contributed by atoms with Crippen LogP contribution in [0.5, 0.6) is 11.5 Å². The van der Waals surface area contributed by atoms with Gasteiger partial charge in [0.05, 0.1) is 24.8 Å². The summed E-state index contributed by atoms with van der Waals surface area (Å²) in [4.78, 5) is 30.4. The topological polar surface area (TPSA) is 105 Å². The largest absolute Gasteiger partial charge is 0.493 e. The normalized spacial score (nSPS) is 14.0. The van der Waals surface area contributed by atoms with Gasteiger partial charge in [-0.05, 0) is 67.3 Å². The second-order valence-corrected chi connectivity index (χ2v) is 14.4. The highest BCUT2D eigenvalue weighted by atomic mass is 32.2. The lowest BCUT2D eigenvalue weighted by molar-refractivity contribution is -0.140. The molecule has 1 unspecified atom stereocenters. The molecule has 264 valence electrons. The average molecular weight is 702 g/mol. The van der Waals surface area contributed by atoms with E-state index in [-0.39, 0.29) is 41.2 Å². The molecule has 0 radical (unpaired) electrons. The Morgan fingerprint density at radius 1 is 0.840 bits per heavy atom. The Labute approximate surface area is 294 Å². The highest BCUT2D eigenvalue weighted by Gasteiger charge is 2.35. The first kappa shape index (κ1) is 36.4. The van der Waals surface area contributed by atoms with Gasteiger partial charge in [0.25, 0.3) is 10.0 Å². The van der Waals surface area contributed by atoms with Crippen molar-refractivity contribution in [2.45, 2.75) is 69.0 Å². The van der Waals surface area contributed by atoms with Crippen LogP contribution in [0.1, 0.15) is 48.8 Å². The molecule has 1 aliphatic carbocycles. The third kappa shape index (κ3) is 9.01. The number of aryl methyl sites for hydroxylation is 1. The summed E-state index contributed by atoms with van der Waals surface area (Å²) in [6, 6.07) is 25.1.